The molecule has 1 heteroatoms. The minimum Gasteiger partial charge on any atom is -0.393 e. The zero-order chi connectivity index (χ0) is 12.8. The molecule has 0 heterocycles. The summed E-state index contributed by atoms with van der Waals surface area (Å²) in [6.07, 6.45) is 18.0. The van der Waals surface area contributed by atoms with E-state index in [-0.39, 0.29) is 6.10 Å². The smallest absolute Gasteiger partial charge is 0.0540 e. The van der Waals surface area contributed by atoms with Crippen molar-refractivity contribution in [3.8, 4) is 0 Å². The molecule has 1 nitrogen and oxygen atoms in total. The maximum Gasteiger partial charge on any atom is 0.0540 e. The average Bonchev–Trinajstić information content (AvgIpc) is 2.32. The third kappa shape index (κ3) is 13.4. The van der Waals surface area contributed by atoms with E-state index in [0.717, 1.165) is 19.3 Å². The molecule has 0 fully saturated rings. The number of hydrogen-bond acceptors (Lipinski definition) is 1. The van der Waals surface area contributed by atoms with Crippen LogP contribution in [0.25, 0.3) is 0 Å². The van der Waals surface area contributed by atoms with Crippen LogP contribution in [0.5, 0.6) is 0 Å². The molecule has 1 unspecified atom stereocenters. The fraction of sp³-hybridized carbons (Fsp3) is 0.750. The zero-order valence-corrected chi connectivity index (χ0v) is 11.5. The summed E-state index contributed by atoms with van der Waals surface area (Å²) in [5.41, 5.74) is 0. The number of rotatable bonds is 12. The first-order valence-corrected chi connectivity index (χ1v) is 7.26. The van der Waals surface area contributed by atoms with Crippen molar-refractivity contribution in [1.82, 2.24) is 0 Å². The van der Waals surface area contributed by atoms with E-state index >= 15 is 0 Å². The Morgan fingerprint density at radius 3 is 2.29 bits per heavy atom. The Balaban J connectivity index is 3.08. The van der Waals surface area contributed by atoms with Gasteiger partial charge in [-0.3, -0.25) is 0 Å². The lowest BCUT2D eigenvalue weighted by Gasteiger charge is -2.08. The molecule has 0 saturated heterocycles. The molecule has 0 radical (unpaired) electrons. The van der Waals surface area contributed by atoms with E-state index in [2.05, 4.69) is 19.6 Å². The fourth-order valence-electron chi connectivity index (χ4n) is 2.02. The molecule has 0 aliphatic heterocycles. The number of aliphatic hydroxyl groups is 1. The van der Waals surface area contributed by atoms with Crippen molar-refractivity contribution in [2.45, 2.75) is 77.2 Å². The molecule has 0 aromatic rings. The molecule has 0 saturated carbocycles. The van der Waals surface area contributed by atoms with Gasteiger partial charge >= 0.3 is 0 Å². The van der Waals surface area contributed by atoms with Gasteiger partial charge in [-0.1, -0.05) is 70.3 Å². The van der Waals surface area contributed by atoms with Gasteiger partial charge in [-0.05, 0) is 25.7 Å². The highest BCUT2D eigenvalue weighted by molar-refractivity contribution is 4.96. The van der Waals surface area contributed by atoms with Gasteiger partial charge < -0.3 is 5.11 Å². The standard InChI is InChI=1S/C16H30O/c1-3-5-6-7-8-9-10-11-12-13-15-16(17)14-4-2/h3,5-6,16-17H,1,4,7-15H2,2H3. The van der Waals surface area contributed by atoms with Gasteiger partial charge in [0.05, 0.1) is 6.10 Å². The summed E-state index contributed by atoms with van der Waals surface area (Å²) < 4.78 is 0. The molecule has 100 valence electrons. The lowest BCUT2D eigenvalue weighted by atomic mass is 10.0. The van der Waals surface area contributed by atoms with Crippen molar-refractivity contribution in [2.24, 2.45) is 0 Å². The summed E-state index contributed by atoms with van der Waals surface area (Å²) in [5.74, 6) is 0. The second-order valence-electron chi connectivity index (χ2n) is 4.81. The average molecular weight is 238 g/mol. The lowest BCUT2D eigenvalue weighted by Crippen LogP contribution is -2.04. The maximum absolute atomic E-state index is 9.56. The zero-order valence-electron chi connectivity index (χ0n) is 11.5. The Morgan fingerprint density at radius 2 is 1.65 bits per heavy atom. The van der Waals surface area contributed by atoms with Gasteiger partial charge in [0.25, 0.3) is 0 Å². The number of hydrogen-bond donors (Lipinski definition) is 1. The Bertz CT molecular complexity index is 184. The van der Waals surface area contributed by atoms with Gasteiger partial charge in [-0.2, -0.15) is 0 Å². The van der Waals surface area contributed by atoms with Crippen molar-refractivity contribution in [3.05, 3.63) is 24.8 Å². The first-order chi connectivity index (χ1) is 8.31. The molecule has 0 aliphatic rings. The number of aliphatic hydroxyl groups excluding tert-OH is 1. The van der Waals surface area contributed by atoms with Gasteiger partial charge in [-0.25, -0.2) is 0 Å². The van der Waals surface area contributed by atoms with Crippen LogP contribution < -0.4 is 0 Å². The molecular weight excluding hydrogens is 208 g/mol. The van der Waals surface area contributed by atoms with Crippen molar-refractivity contribution in [1.29, 1.82) is 0 Å². The van der Waals surface area contributed by atoms with Crippen LogP contribution >= 0.6 is 0 Å². The minimum atomic E-state index is -0.0518. The summed E-state index contributed by atoms with van der Waals surface area (Å²) >= 11 is 0. The Morgan fingerprint density at radius 1 is 1.00 bits per heavy atom. The maximum atomic E-state index is 9.56. The Kier molecular flexibility index (Phi) is 13.1. The van der Waals surface area contributed by atoms with Crippen LogP contribution in [0.4, 0.5) is 0 Å². The highest BCUT2D eigenvalue weighted by Crippen LogP contribution is 2.11. The first-order valence-electron chi connectivity index (χ1n) is 7.26. The van der Waals surface area contributed by atoms with Crippen LogP contribution in [0.15, 0.2) is 24.8 Å². The van der Waals surface area contributed by atoms with E-state index in [0.29, 0.717) is 0 Å². The molecule has 1 atom stereocenters. The summed E-state index contributed by atoms with van der Waals surface area (Å²) in [5, 5.41) is 9.56. The fourth-order valence-corrected chi connectivity index (χ4v) is 2.02. The predicted octanol–water partition coefficient (Wildman–Crippen LogP) is 5.01. The second-order valence-corrected chi connectivity index (χ2v) is 4.81. The third-order valence-corrected chi connectivity index (χ3v) is 3.05. The van der Waals surface area contributed by atoms with Crippen LogP contribution in [-0.4, -0.2) is 11.2 Å². The molecule has 0 aliphatic carbocycles. The van der Waals surface area contributed by atoms with Crippen molar-refractivity contribution >= 4 is 0 Å². The van der Waals surface area contributed by atoms with Crippen LogP contribution in [-0.2, 0) is 0 Å². The Labute approximate surface area is 108 Å². The topological polar surface area (TPSA) is 20.2 Å². The van der Waals surface area contributed by atoms with Crippen LogP contribution in [0.3, 0.4) is 0 Å². The quantitative estimate of drug-likeness (QED) is 0.374. The van der Waals surface area contributed by atoms with Gasteiger partial charge in [0.15, 0.2) is 0 Å². The van der Waals surface area contributed by atoms with E-state index in [1.54, 1.807) is 0 Å². The largest absolute Gasteiger partial charge is 0.393 e. The molecule has 0 bridgehead atoms. The second kappa shape index (κ2) is 13.5. The molecule has 0 aromatic carbocycles. The molecule has 0 aromatic heterocycles. The van der Waals surface area contributed by atoms with E-state index in [9.17, 15) is 5.11 Å². The van der Waals surface area contributed by atoms with E-state index < -0.39 is 0 Å². The normalized spacial score (nSPS) is 13.1. The van der Waals surface area contributed by atoms with E-state index in [1.165, 1.54) is 44.9 Å². The van der Waals surface area contributed by atoms with Crippen LogP contribution in [0.1, 0.15) is 71.1 Å². The molecular formula is C16H30O. The molecule has 17 heavy (non-hydrogen) atoms. The first kappa shape index (κ1) is 16.4. The number of allylic oxidation sites excluding steroid dienone is 3. The Hall–Kier alpha value is -0.560. The van der Waals surface area contributed by atoms with Crippen molar-refractivity contribution in [2.75, 3.05) is 0 Å². The van der Waals surface area contributed by atoms with E-state index in [1.807, 2.05) is 12.2 Å². The summed E-state index contributed by atoms with van der Waals surface area (Å²) in [7, 11) is 0. The van der Waals surface area contributed by atoms with Crippen LogP contribution in [0, 0.1) is 0 Å². The highest BCUT2D eigenvalue weighted by atomic mass is 16.3. The predicted molar refractivity (Wildman–Crippen MR) is 77.2 cm³/mol. The van der Waals surface area contributed by atoms with Crippen LogP contribution in [0.2, 0.25) is 0 Å². The molecule has 0 amide bonds. The van der Waals surface area contributed by atoms with Crippen molar-refractivity contribution in [3.63, 3.8) is 0 Å². The molecule has 0 spiro atoms. The van der Waals surface area contributed by atoms with Gasteiger partial charge in [0.1, 0.15) is 0 Å². The summed E-state index contributed by atoms with van der Waals surface area (Å²) in [4.78, 5) is 0. The highest BCUT2D eigenvalue weighted by Gasteiger charge is 2.01. The van der Waals surface area contributed by atoms with Crippen molar-refractivity contribution < 1.29 is 5.11 Å². The SMILES string of the molecule is C=CC=CCCCCCCCCC(O)CCC. The summed E-state index contributed by atoms with van der Waals surface area (Å²) in [6.45, 7) is 5.78. The minimum absolute atomic E-state index is 0.0518. The number of unbranched alkanes of at least 4 members (excludes halogenated alkanes) is 6. The van der Waals surface area contributed by atoms with E-state index in [4.69, 9.17) is 0 Å². The summed E-state index contributed by atoms with van der Waals surface area (Å²) in [6, 6.07) is 0. The lowest BCUT2D eigenvalue weighted by molar-refractivity contribution is 0.150. The molecule has 1 N–H and O–H groups in total. The third-order valence-electron chi connectivity index (χ3n) is 3.05. The van der Waals surface area contributed by atoms with Gasteiger partial charge in [0.2, 0.25) is 0 Å². The monoisotopic (exact) mass is 238 g/mol. The van der Waals surface area contributed by atoms with Gasteiger partial charge in [-0.15, -0.1) is 0 Å². The molecule has 0 rings (SSSR count). The van der Waals surface area contributed by atoms with Gasteiger partial charge in [0, 0.05) is 0 Å².